The van der Waals surface area contributed by atoms with Crippen LogP contribution in [0.5, 0.6) is 0 Å². The van der Waals surface area contributed by atoms with E-state index < -0.39 is 0 Å². The van der Waals surface area contributed by atoms with Crippen molar-refractivity contribution < 1.29 is 4.39 Å². The molecule has 1 unspecified atom stereocenters. The van der Waals surface area contributed by atoms with E-state index in [1.807, 2.05) is 24.3 Å². The zero-order chi connectivity index (χ0) is 10.0. The van der Waals surface area contributed by atoms with Crippen LogP contribution in [0.25, 0.3) is 0 Å². The molecular formula is C12H16FN. The summed E-state index contributed by atoms with van der Waals surface area (Å²) in [7, 11) is 0. The van der Waals surface area contributed by atoms with E-state index in [0.29, 0.717) is 0 Å². The number of hydrogen-bond donors (Lipinski definition) is 1. The molecule has 0 aromatic heterocycles. The molecule has 1 atom stereocenters. The van der Waals surface area contributed by atoms with E-state index in [2.05, 4.69) is 12.2 Å². The molecule has 0 spiro atoms. The molecule has 0 aliphatic carbocycles. The summed E-state index contributed by atoms with van der Waals surface area (Å²) in [6.45, 7) is 2.83. The Morgan fingerprint density at radius 2 is 2.21 bits per heavy atom. The molecule has 0 saturated carbocycles. The average Bonchev–Trinajstić information content (AvgIpc) is 2.66. The van der Waals surface area contributed by atoms with Crippen molar-refractivity contribution in [2.45, 2.75) is 32.0 Å². The van der Waals surface area contributed by atoms with Crippen molar-refractivity contribution in [3.63, 3.8) is 0 Å². The second-order valence-electron chi connectivity index (χ2n) is 4.15. The number of benzene rings is 1. The molecule has 0 amide bonds. The fourth-order valence-corrected chi connectivity index (χ4v) is 2.30. The third-order valence-corrected chi connectivity index (χ3v) is 3.12. The molecule has 1 nitrogen and oxygen atoms in total. The lowest BCUT2D eigenvalue weighted by molar-refractivity contribution is 0.414. The van der Waals surface area contributed by atoms with E-state index in [0.717, 1.165) is 24.1 Å². The van der Waals surface area contributed by atoms with Gasteiger partial charge in [-0.25, -0.2) is 4.39 Å². The smallest absolute Gasteiger partial charge is 0.115 e. The first-order valence-electron chi connectivity index (χ1n) is 5.16. The summed E-state index contributed by atoms with van der Waals surface area (Å²) < 4.78 is 12.8. The van der Waals surface area contributed by atoms with E-state index in [1.54, 1.807) is 0 Å². The SMILES string of the molecule is CC1(c2ccccc2CF)CCCN1. The lowest BCUT2D eigenvalue weighted by atomic mass is 9.87. The third kappa shape index (κ3) is 1.55. The topological polar surface area (TPSA) is 12.0 Å². The quantitative estimate of drug-likeness (QED) is 0.761. The van der Waals surface area contributed by atoms with Crippen molar-refractivity contribution in [2.24, 2.45) is 0 Å². The number of halogens is 1. The summed E-state index contributed by atoms with van der Waals surface area (Å²) in [6, 6.07) is 7.80. The van der Waals surface area contributed by atoms with Gasteiger partial charge in [-0.1, -0.05) is 24.3 Å². The third-order valence-electron chi connectivity index (χ3n) is 3.12. The zero-order valence-electron chi connectivity index (χ0n) is 8.52. The Bertz CT molecular complexity index is 316. The highest BCUT2D eigenvalue weighted by molar-refractivity contribution is 5.33. The molecule has 1 N–H and O–H groups in total. The van der Waals surface area contributed by atoms with Crippen molar-refractivity contribution in [3.05, 3.63) is 35.4 Å². The second-order valence-corrected chi connectivity index (χ2v) is 4.15. The van der Waals surface area contributed by atoms with Gasteiger partial charge in [0.25, 0.3) is 0 Å². The minimum absolute atomic E-state index is 0.0112. The lowest BCUT2D eigenvalue weighted by Gasteiger charge is -2.27. The van der Waals surface area contributed by atoms with Gasteiger partial charge in [-0.2, -0.15) is 0 Å². The number of rotatable bonds is 2. The molecule has 1 fully saturated rings. The van der Waals surface area contributed by atoms with Crippen LogP contribution in [0.15, 0.2) is 24.3 Å². The summed E-state index contributed by atoms with van der Waals surface area (Å²) in [4.78, 5) is 0. The van der Waals surface area contributed by atoms with Gasteiger partial charge in [0, 0.05) is 5.54 Å². The van der Waals surface area contributed by atoms with Crippen LogP contribution in [0, 0.1) is 0 Å². The van der Waals surface area contributed by atoms with Crippen LogP contribution >= 0.6 is 0 Å². The van der Waals surface area contributed by atoms with Crippen molar-refractivity contribution in [3.8, 4) is 0 Å². The summed E-state index contributed by atoms with van der Waals surface area (Å²) >= 11 is 0. The maximum absolute atomic E-state index is 12.8. The van der Waals surface area contributed by atoms with Gasteiger partial charge >= 0.3 is 0 Å². The maximum atomic E-state index is 12.8. The lowest BCUT2D eigenvalue weighted by Crippen LogP contribution is -2.34. The Morgan fingerprint density at radius 3 is 2.86 bits per heavy atom. The van der Waals surface area contributed by atoms with Gasteiger partial charge in [0.15, 0.2) is 0 Å². The normalized spacial score (nSPS) is 26.7. The monoisotopic (exact) mass is 193 g/mol. The second kappa shape index (κ2) is 3.70. The first kappa shape index (κ1) is 9.66. The maximum Gasteiger partial charge on any atom is 0.115 e. The Balaban J connectivity index is 2.39. The van der Waals surface area contributed by atoms with Crippen LogP contribution in [0.3, 0.4) is 0 Å². The van der Waals surface area contributed by atoms with Crippen molar-refractivity contribution in [1.82, 2.24) is 5.32 Å². The van der Waals surface area contributed by atoms with Crippen LogP contribution in [0.1, 0.15) is 30.9 Å². The average molecular weight is 193 g/mol. The van der Waals surface area contributed by atoms with Gasteiger partial charge in [0.2, 0.25) is 0 Å². The van der Waals surface area contributed by atoms with Crippen molar-refractivity contribution >= 4 is 0 Å². The number of hydrogen-bond acceptors (Lipinski definition) is 1. The zero-order valence-corrected chi connectivity index (χ0v) is 8.52. The molecule has 1 saturated heterocycles. The van der Waals surface area contributed by atoms with Crippen LogP contribution in [0.2, 0.25) is 0 Å². The molecule has 1 aromatic carbocycles. The van der Waals surface area contributed by atoms with Crippen LogP contribution in [0.4, 0.5) is 4.39 Å². The Morgan fingerprint density at radius 1 is 1.43 bits per heavy atom. The van der Waals surface area contributed by atoms with E-state index in [9.17, 15) is 4.39 Å². The Labute approximate surface area is 84.3 Å². The molecule has 1 aliphatic heterocycles. The molecule has 76 valence electrons. The largest absolute Gasteiger partial charge is 0.308 e. The predicted molar refractivity (Wildman–Crippen MR) is 55.8 cm³/mol. The Hall–Kier alpha value is -0.890. The van der Waals surface area contributed by atoms with Gasteiger partial charge in [-0.15, -0.1) is 0 Å². The molecule has 0 radical (unpaired) electrons. The van der Waals surface area contributed by atoms with E-state index in [4.69, 9.17) is 0 Å². The molecular weight excluding hydrogens is 177 g/mol. The fraction of sp³-hybridized carbons (Fsp3) is 0.500. The van der Waals surface area contributed by atoms with Crippen LogP contribution in [-0.4, -0.2) is 6.54 Å². The van der Waals surface area contributed by atoms with E-state index >= 15 is 0 Å². The van der Waals surface area contributed by atoms with E-state index in [1.165, 1.54) is 6.42 Å². The number of nitrogens with one attached hydrogen (secondary N) is 1. The van der Waals surface area contributed by atoms with E-state index in [-0.39, 0.29) is 12.2 Å². The Kier molecular flexibility index (Phi) is 2.55. The molecule has 2 rings (SSSR count). The first-order chi connectivity index (χ1) is 6.76. The highest BCUT2D eigenvalue weighted by Crippen LogP contribution is 2.32. The summed E-state index contributed by atoms with van der Waals surface area (Å²) in [5.41, 5.74) is 1.94. The number of alkyl halides is 1. The highest BCUT2D eigenvalue weighted by Gasteiger charge is 2.31. The minimum Gasteiger partial charge on any atom is -0.308 e. The molecule has 14 heavy (non-hydrogen) atoms. The highest BCUT2D eigenvalue weighted by atomic mass is 19.1. The summed E-state index contributed by atoms with van der Waals surface area (Å²) in [6.07, 6.45) is 2.28. The predicted octanol–water partition coefficient (Wildman–Crippen LogP) is 2.75. The molecule has 2 heteroatoms. The van der Waals surface area contributed by atoms with Crippen molar-refractivity contribution in [1.29, 1.82) is 0 Å². The molecule has 1 aromatic rings. The molecule has 1 heterocycles. The van der Waals surface area contributed by atoms with Gasteiger partial charge in [-0.05, 0) is 37.4 Å². The molecule has 0 bridgehead atoms. The van der Waals surface area contributed by atoms with Crippen LogP contribution in [-0.2, 0) is 12.2 Å². The standard InChI is InChI=1S/C12H16FN/c1-12(7-4-8-14-12)11-6-3-2-5-10(11)9-13/h2-3,5-6,14H,4,7-9H2,1H3. The van der Waals surface area contributed by atoms with Gasteiger partial charge < -0.3 is 5.32 Å². The van der Waals surface area contributed by atoms with Gasteiger partial charge in [-0.3, -0.25) is 0 Å². The van der Waals surface area contributed by atoms with Gasteiger partial charge in [0.05, 0.1) is 0 Å². The summed E-state index contributed by atoms with van der Waals surface area (Å²) in [5.74, 6) is 0. The summed E-state index contributed by atoms with van der Waals surface area (Å²) in [5, 5.41) is 3.46. The van der Waals surface area contributed by atoms with Crippen molar-refractivity contribution in [2.75, 3.05) is 6.54 Å². The first-order valence-corrected chi connectivity index (χ1v) is 5.16. The van der Waals surface area contributed by atoms with Crippen LogP contribution < -0.4 is 5.32 Å². The minimum atomic E-state index is -0.368. The molecule has 1 aliphatic rings. The van der Waals surface area contributed by atoms with Gasteiger partial charge in [0.1, 0.15) is 6.67 Å². The fourth-order valence-electron chi connectivity index (χ4n) is 2.30.